The Kier molecular flexibility index (Phi) is 4.26. The van der Waals surface area contributed by atoms with E-state index >= 15 is 0 Å². The maximum Gasteiger partial charge on any atom is 0.0772 e. The molecule has 0 fully saturated rings. The van der Waals surface area contributed by atoms with Gasteiger partial charge in [0.15, 0.2) is 0 Å². The minimum atomic E-state index is -0.444. The zero-order valence-electron chi connectivity index (χ0n) is 9.43. The van der Waals surface area contributed by atoms with Crippen molar-refractivity contribution in [1.29, 1.82) is 0 Å². The van der Waals surface area contributed by atoms with Gasteiger partial charge in [-0.15, -0.1) is 0 Å². The highest BCUT2D eigenvalue weighted by Gasteiger charge is 2.07. The standard InChI is InChI=1S/C14H13BrOS/c1-10(16)13-8-7-12(9-14(13)15)17-11-5-3-2-4-6-11/h2-10,16H,1H3/t10-/m1/s1. The fourth-order valence-electron chi connectivity index (χ4n) is 1.53. The van der Waals surface area contributed by atoms with E-state index in [0.29, 0.717) is 0 Å². The largest absolute Gasteiger partial charge is 0.389 e. The summed E-state index contributed by atoms with van der Waals surface area (Å²) in [5.41, 5.74) is 0.919. The molecule has 0 amide bonds. The second-order valence-corrected chi connectivity index (χ2v) is 5.78. The van der Waals surface area contributed by atoms with Crippen LogP contribution in [0.3, 0.4) is 0 Å². The summed E-state index contributed by atoms with van der Waals surface area (Å²) in [6.45, 7) is 1.77. The molecule has 0 aliphatic rings. The summed E-state index contributed by atoms with van der Waals surface area (Å²) in [7, 11) is 0. The van der Waals surface area contributed by atoms with Crippen molar-refractivity contribution in [3.8, 4) is 0 Å². The molecule has 17 heavy (non-hydrogen) atoms. The summed E-state index contributed by atoms with van der Waals surface area (Å²) in [6.07, 6.45) is -0.444. The maximum absolute atomic E-state index is 9.55. The Morgan fingerprint density at radius 3 is 2.35 bits per heavy atom. The normalized spacial score (nSPS) is 12.4. The Morgan fingerprint density at radius 2 is 1.76 bits per heavy atom. The number of benzene rings is 2. The van der Waals surface area contributed by atoms with Crippen LogP contribution in [0, 0.1) is 0 Å². The van der Waals surface area contributed by atoms with E-state index in [1.165, 1.54) is 4.90 Å². The highest BCUT2D eigenvalue weighted by Crippen LogP contribution is 2.32. The number of hydrogen-bond donors (Lipinski definition) is 1. The van der Waals surface area contributed by atoms with Crippen LogP contribution in [0.15, 0.2) is 62.8 Å². The summed E-state index contributed by atoms with van der Waals surface area (Å²) in [4.78, 5) is 2.37. The Hall–Kier alpha value is -0.770. The van der Waals surface area contributed by atoms with Gasteiger partial charge in [0, 0.05) is 14.3 Å². The number of rotatable bonds is 3. The summed E-state index contributed by atoms with van der Waals surface area (Å²) in [6, 6.07) is 16.3. The van der Waals surface area contributed by atoms with E-state index < -0.39 is 6.10 Å². The van der Waals surface area contributed by atoms with Gasteiger partial charge in [-0.1, -0.05) is 52.0 Å². The molecular formula is C14H13BrOS. The lowest BCUT2D eigenvalue weighted by Crippen LogP contribution is -1.92. The molecule has 3 heteroatoms. The van der Waals surface area contributed by atoms with Crippen LogP contribution in [-0.4, -0.2) is 5.11 Å². The minimum Gasteiger partial charge on any atom is -0.389 e. The van der Waals surface area contributed by atoms with Gasteiger partial charge >= 0.3 is 0 Å². The van der Waals surface area contributed by atoms with E-state index in [4.69, 9.17) is 0 Å². The molecule has 0 unspecified atom stereocenters. The van der Waals surface area contributed by atoms with E-state index in [9.17, 15) is 5.11 Å². The molecule has 2 rings (SSSR count). The van der Waals surface area contributed by atoms with Crippen molar-refractivity contribution in [2.75, 3.05) is 0 Å². The van der Waals surface area contributed by atoms with Crippen molar-refractivity contribution in [3.63, 3.8) is 0 Å². The van der Waals surface area contributed by atoms with Crippen molar-refractivity contribution in [3.05, 3.63) is 58.6 Å². The number of aliphatic hydroxyl groups is 1. The van der Waals surface area contributed by atoms with Crippen LogP contribution in [-0.2, 0) is 0 Å². The monoisotopic (exact) mass is 308 g/mol. The average molecular weight is 309 g/mol. The van der Waals surface area contributed by atoms with Crippen LogP contribution in [0.25, 0.3) is 0 Å². The van der Waals surface area contributed by atoms with Gasteiger partial charge in [0.2, 0.25) is 0 Å². The second kappa shape index (κ2) is 5.71. The molecule has 0 bridgehead atoms. The predicted octanol–water partition coefficient (Wildman–Crippen LogP) is 4.65. The quantitative estimate of drug-likeness (QED) is 0.890. The molecule has 2 aromatic carbocycles. The van der Waals surface area contributed by atoms with Crippen LogP contribution < -0.4 is 0 Å². The minimum absolute atomic E-state index is 0.444. The molecule has 0 heterocycles. The molecule has 0 saturated heterocycles. The SMILES string of the molecule is C[C@@H](O)c1ccc(Sc2ccccc2)cc1Br. The molecule has 0 aromatic heterocycles. The van der Waals surface area contributed by atoms with Gasteiger partial charge in [-0.25, -0.2) is 0 Å². The lowest BCUT2D eigenvalue weighted by molar-refractivity contribution is 0.198. The van der Waals surface area contributed by atoms with E-state index in [0.717, 1.165) is 14.9 Å². The third kappa shape index (κ3) is 3.35. The lowest BCUT2D eigenvalue weighted by atomic mass is 10.1. The van der Waals surface area contributed by atoms with Crippen LogP contribution in [0.1, 0.15) is 18.6 Å². The molecule has 0 aliphatic carbocycles. The first kappa shape index (κ1) is 12.7. The van der Waals surface area contributed by atoms with Crippen molar-refractivity contribution < 1.29 is 5.11 Å². The Morgan fingerprint density at radius 1 is 1.06 bits per heavy atom. The van der Waals surface area contributed by atoms with E-state index in [1.54, 1.807) is 18.7 Å². The van der Waals surface area contributed by atoms with Crippen LogP contribution in [0.5, 0.6) is 0 Å². The van der Waals surface area contributed by atoms with E-state index in [1.807, 2.05) is 36.4 Å². The molecule has 1 nitrogen and oxygen atoms in total. The molecule has 1 atom stereocenters. The highest BCUT2D eigenvalue weighted by molar-refractivity contribution is 9.10. The first-order valence-electron chi connectivity index (χ1n) is 5.37. The molecule has 1 N–H and O–H groups in total. The van der Waals surface area contributed by atoms with Gasteiger partial charge in [-0.05, 0) is 36.8 Å². The molecule has 0 radical (unpaired) electrons. The van der Waals surface area contributed by atoms with Gasteiger partial charge in [-0.3, -0.25) is 0 Å². The topological polar surface area (TPSA) is 20.2 Å². The summed E-state index contributed by atoms with van der Waals surface area (Å²) < 4.78 is 0.952. The highest BCUT2D eigenvalue weighted by atomic mass is 79.9. The van der Waals surface area contributed by atoms with Crippen molar-refractivity contribution in [2.45, 2.75) is 22.8 Å². The van der Waals surface area contributed by atoms with Crippen LogP contribution >= 0.6 is 27.7 Å². The zero-order valence-corrected chi connectivity index (χ0v) is 11.8. The zero-order chi connectivity index (χ0) is 12.3. The van der Waals surface area contributed by atoms with Crippen molar-refractivity contribution >= 4 is 27.7 Å². The molecule has 0 aliphatic heterocycles. The van der Waals surface area contributed by atoms with Crippen molar-refractivity contribution in [1.82, 2.24) is 0 Å². The van der Waals surface area contributed by atoms with E-state index in [2.05, 4.69) is 28.1 Å². The van der Waals surface area contributed by atoms with Gasteiger partial charge in [0.05, 0.1) is 6.10 Å². The van der Waals surface area contributed by atoms with Crippen molar-refractivity contribution in [2.24, 2.45) is 0 Å². The third-order valence-electron chi connectivity index (χ3n) is 2.40. The molecule has 0 saturated carbocycles. The second-order valence-electron chi connectivity index (χ2n) is 3.77. The van der Waals surface area contributed by atoms with Gasteiger partial charge in [0.1, 0.15) is 0 Å². The van der Waals surface area contributed by atoms with Gasteiger partial charge in [0.25, 0.3) is 0 Å². The number of aliphatic hydroxyl groups excluding tert-OH is 1. The van der Waals surface area contributed by atoms with Crippen LogP contribution in [0.2, 0.25) is 0 Å². The first-order valence-corrected chi connectivity index (χ1v) is 6.98. The van der Waals surface area contributed by atoms with Gasteiger partial charge in [-0.2, -0.15) is 0 Å². The van der Waals surface area contributed by atoms with Crippen LogP contribution in [0.4, 0.5) is 0 Å². The lowest BCUT2D eigenvalue weighted by Gasteiger charge is -2.09. The third-order valence-corrected chi connectivity index (χ3v) is 4.09. The molecular weight excluding hydrogens is 296 g/mol. The Labute approximate surface area is 114 Å². The average Bonchev–Trinajstić information content (AvgIpc) is 2.30. The Balaban J connectivity index is 2.21. The molecule has 2 aromatic rings. The summed E-state index contributed by atoms with van der Waals surface area (Å²) >= 11 is 5.20. The number of hydrogen-bond acceptors (Lipinski definition) is 2. The van der Waals surface area contributed by atoms with E-state index in [-0.39, 0.29) is 0 Å². The molecule has 0 spiro atoms. The summed E-state index contributed by atoms with van der Waals surface area (Å²) in [5, 5.41) is 9.55. The first-order chi connectivity index (χ1) is 8.16. The Bertz CT molecular complexity index is 497. The summed E-state index contributed by atoms with van der Waals surface area (Å²) in [5.74, 6) is 0. The van der Waals surface area contributed by atoms with Gasteiger partial charge < -0.3 is 5.11 Å². The molecule has 88 valence electrons. The fourth-order valence-corrected chi connectivity index (χ4v) is 3.27. The number of halogens is 1. The maximum atomic E-state index is 9.55. The predicted molar refractivity (Wildman–Crippen MR) is 75.3 cm³/mol. The smallest absolute Gasteiger partial charge is 0.0772 e. The fraction of sp³-hybridized carbons (Fsp3) is 0.143.